The highest BCUT2D eigenvalue weighted by Crippen LogP contribution is 2.64. The van der Waals surface area contributed by atoms with E-state index in [1.807, 2.05) is 0 Å². The van der Waals surface area contributed by atoms with Gasteiger partial charge in [-0.1, -0.05) is 30.3 Å². The van der Waals surface area contributed by atoms with Gasteiger partial charge in [0.25, 0.3) is 11.1 Å². The van der Waals surface area contributed by atoms with Crippen LogP contribution in [0.4, 0.5) is 37.5 Å². The van der Waals surface area contributed by atoms with Crippen LogP contribution >= 0.6 is 23.5 Å². The molecule has 2 aliphatic carbocycles. The minimum Gasteiger partial charge on any atom is -0.435 e. The highest BCUT2D eigenvalue weighted by Gasteiger charge is 2.75. The Bertz CT molecular complexity index is 3870. The van der Waals surface area contributed by atoms with Crippen molar-refractivity contribution in [3.63, 3.8) is 0 Å². The van der Waals surface area contributed by atoms with Gasteiger partial charge in [-0.25, -0.2) is 92.5 Å². The number of carbonyl (C=O) groups is 6. The van der Waals surface area contributed by atoms with Gasteiger partial charge < -0.3 is 95.3 Å². The number of hydrogen-bond acceptors (Lipinski definition) is 40. The fraction of sp³-hybridized carbons (Fsp3) is 0.677. The third-order valence-electron chi connectivity index (χ3n) is 16.1. The summed E-state index contributed by atoms with van der Waals surface area (Å²) in [6.45, 7) is 4.17. The summed E-state index contributed by atoms with van der Waals surface area (Å²) in [5.41, 5.74) is -6.61. The van der Waals surface area contributed by atoms with E-state index in [2.05, 4.69) is 75.9 Å². The Kier molecular flexibility index (Phi) is 35.7. The number of alkyl halides is 2. The van der Waals surface area contributed by atoms with E-state index in [9.17, 15) is 71.1 Å². The second kappa shape index (κ2) is 43.0. The first kappa shape index (κ1) is 93.0. The number of hydrogen-bond donors (Lipinski definition) is 4. The maximum atomic E-state index is 15.1. The van der Waals surface area contributed by atoms with Crippen LogP contribution in [0, 0.1) is 0 Å². The molecule has 9 rings (SSSR count). The number of halogens is 2. The Hall–Kier alpha value is -7.89. The summed E-state index contributed by atoms with van der Waals surface area (Å²) in [7, 11) is -13.8. The predicted molar refractivity (Wildman–Crippen MR) is 360 cm³/mol. The van der Waals surface area contributed by atoms with Gasteiger partial charge in [0.05, 0.1) is 52.9 Å². The highest BCUT2D eigenvalue weighted by atomic mass is 31.2. The molecule has 45 nitrogen and oxygen atoms in total. The minimum atomic E-state index is -5.07. The van der Waals surface area contributed by atoms with E-state index in [4.69, 9.17) is 60.5 Å². The molecule has 0 bridgehead atoms. The van der Waals surface area contributed by atoms with Crippen LogP contribution in [0.15, 0.2) is 74.0 Å². The molecule has 3 aromatic rings. The van der Waals surface area contributed by atoms with Crippen molar-refractivity contribution >= 4 is 60.4 Å². The first-order valence-corrected chi connectivity index (χ1v) is 38.7. The highest BCUT2D eigenvalue weighted by molar-refractivity contribution is 7.48. The average molecular weight is 1680 g/mol. The van der Waals surface area contributed by atoms with Crippen LogP contribution in [0.25, 0.3) is 0 Å². The molecule has 6 fully saturated rings. The van der Waals surface area contributed by atoms with Crippen LogP contribution in [-0.4, -0.2) is 213 Å². The van der Waals surface area contributed by atoms with Crippen LogP contribution in [-0.2, 0) is 142 Å². The summed E-state index contributed by atoms with van der Waals surface area (Å²) in [6.07, 6.45) is -3.57. The fourth-order valence-corrected chi connectivity index (χ4v) is 13.9. The zero-order valence-electron chi connectivity index (χ0n) is 61.8. The van der Waals surface area contributed by atoms with Crippen molar-refractivity contribution in [1.82, 2.24) is 19.1 Å². The Labute approximate surface area is 634 Å². The molecule has 632 valence electrons. The monoisotopic (exact) mass is 1680 g/mol. The molecule has 2 saturated carbocycles. The first-order chi connectivity index (χ1) is 53.2. The number of nitrogens with zero attached hydrogens (tertiary/aromatic N) is 2. The predicted octanol–water partition coefficient (Wildman–Crippen LogP) is 7.79. The number of H-pyrrole nitrogens is 2. The molecular weight excluding hydrogens is 1590 g/mol. The number of nitrogens with one attached hydrogen (secondary N) is 2. The molecule has 2 spiro atoms. The van der Waals surface area contributed by atoms with Crippen molar-refractivity contribution < 1.29 is 183 Å². The summed E-state index contributed by atoms with van der Waals surface area (Å²) < 4.78 is 198. The summed E-state index contributed by atoms with van der Waals surface area (Å²) in [4.78, 5) is 128. The molecular formula is C62H89F2N4O41P3. The van der Waals surface area contributed by atoms with Gasteiger partial charge in [-0.2, -0.15) is 0 Å². The van der Waals surface area contributed by atoms with Crippen molar-refractivity contribution in [2.45, 2.75) is 172 Å². The molecule has 6 heterocycles. The van der Waals surface area contributed by atoms with Crippen LogP contribution in [0.2, 0.25) is 0 Å². The molecule has 0 radical (unpaired) electrons. The maximum Gasteiger partial charge on any atom is 0.510 e. The zero-order valence-corrected chi connectivity index (χ0v) is 64.5. The number of aliphatic hydroxyl groups excluding tert-OH is 1. The van der Waals surface area contributed by atoms with Crippen molar-refractivity contribution in [2.75, 3.05) is 100 Å². The number of aromatic nitrogens is 4. The number of phosphoric ester groups is 3. The smallest absolute Gasteiger partial charge is 0.435 e. The lowest BCUT2D eigenvalue weighted by Gasteiger charge is -2.34. The van der Waals surface area contributed by atoms with E-state index in [-0.39, 0.29) is 46.2 Å². The summed E-state index contributed by atoms with van der Waals surface area (Å²) >= 11 is 0. The second-order valence-corrected chi connectivity index (χ2v) is 28.5. The summed E-state index contributed by atoms with van der Waals surface area (Å²) in [5, 5.41) is 9.84. The number of aliphatic hydroxyl groups is 1. The zero-order chi connectivity index (χ0) is 82.4. The average Bonchev–Trinajstić information content (AvgIpc) is 1.55. The van der Waals surface area contributed by atoms with Crippen molar-refractivity contribution in [1.29, 1.82) is 0 Å². The van der Waals surface area contributed by atoms with Gasteiger partial charge in [-0.05, 0) is 86.6 Å². The lowest BCUT2D eigenvalue weighted by Crippen LogP contribution is -2.51. The number of rotatable bonds is 34. The van der Waals surface area contributed by atoms with Gasteiger partial charge in [-0.15, -0.1) is 0 Å². The maximum absolute atomic E-state index is 15.1. The van der Waals surface area contributed by atoms with Gasteiger partial charge in [0.1, 0.15) is 30.7 Å². The Morgan fingerprint density at radius 2 is 0.821 bits per heavy atom. The van der Waals surface area contributed by atoms with E-state index < -0.39 is 202 Å². The van der Waals surface area contributed by atoms with Crippen molar-refractivity contribution in [3.8, 4) is 0 Å². The summed E-state index contributed by atoms with van der Waals surface area (Å²) in [5.74, 6) is -4.67. The topological polar surface area (TPSA) is 544 Å². The standard InChI is InChI=1S/C23H32FN2O15P.C16H21FN2O6.C15H21O10P.C8H15O10P/c1-4-32-19(29)34-13-36-42(31,37-14-35-20(30)33-5-2)41-23(12-24)16-21(3,40-22(38-16)9-6-7-10-22)17(39-23)26-11-8-15(27)25-18(26)28;1-14-11(23-16(25-14)5-2-3-6-16)15(8-17,9-20)24-12(14)19-7-4-10(21)18-13(19)22;1-3-19-14(16)21-11-24-26(18,25-12-22-15(17)20-4-2)23-10-13-8-6-5-7-9-13;1-3-13-7(9)15-5-17-19(11,12)18-6-16-8(10)14-4-2/h8,11,16-17H,4-7,9-10,12-14H2,1-3H3,(H,25,27,28);4,7,11-12,20H,2-3,5-6,8-9H2,1H3,(H,18,21,22);5-9H,3-4,10-12H2,1-2H3;3-6H2,1-2H3,(H,11,12)/t16-,17+,21+,23+;11-,12+,14+,15+;;/m00../s1. The van der Waals surface area contributed by atoms with E-state index in [0.717, 1.165) is 47.1 Å². The minimum absolute atomic E-state index is 0.0411. The van der Waals surface area contributed by atoms with Crippen LogP contribution in [0.1, 0.15) is 125 Å². The normalized spacial score (nSPS) is 23.6. The quantitative estimate of drug-likeness (QED) is 0.0192. The molecule has 0 unspecified atom stereocenters. The first-order valence-electron chi connectivity index (χ1n) is 34.3. The van der Waals surface area contributed by atoms with Gasteiger partial charge in [0.2, 0.25) is 46.5 Å². The van der Waals surface area contributed by atoms with Gasteiger partial charge >= 0.3 is 71.8 Å². The van der Waals surface area contributed by atoms with E-state index >= 15 is 4.39 Å². The number of aromatic amines is 2. The number of phosphoric acid groups is 3. The molecule has 4 aliphatic heterocycles. The van der Waals surface area contributed by atoms with Crippen molar-refractivity contribution in [2.24, 2.45) is 0 Å². The molecule has 6 aliphatic rings. The van der Waals surface area contributed by atoms with Gasteiger partial charge in [0.15, 0.2) is 35.7 Å². The second-order valence-electron chi connectivity index (χ2n) is 23.7. The molecule has 0 amide bonds. The molecule has 50 heteroatoms. The number of fused-ring (bicyclic) bond motifs is 2. The number of benzene rings is 1. The number of carbonyl (C=O) groups excluding carboxylic acids is 6. The third-order valence-corrected chi connectivity index (χ3v) is 19.6. The molecule has 8 atom stereocenters. The van der Waals surface area contributed by atoms with Crippen LogP contribution in [0.3, 0.4) is 0 Å². The molecule has 2 aromatic heterocycles. The Morgan fingerprint density at radius 1 is 0.473 bits per heavy atom. The summed E-state index contributed by atoms with van der Waals surface area (Å²) in [6, 6.07) is 11.0. The Balaban J connectivity index is 0.000000244. The molecule has 4 N–H and O–H groups in total. The van der Waals surface area contributed by atoms with Gasteiger partial charge in [-0.3, -0.25) is 33.2 Å². The molecule has 4 saturated heterocycles. The largest absolute Gasteiger partial charge is 0.510 e. The lowest BCUT2D eigenvalue weighted by molar-refractivity contribution is -0.294. The third kappa shape index (κ3) is 25.8. The van der Waals surface area contributed by atoms with E-state index in [0.29, 0.717) is 31.2 Å². The number of ether oxygens (including phenoxy) is 18. The Morgan fingerprint density at radius 3 is 1.17 bits per heavy atom. The lowest BCUT2D eigenvalue weighted by atomic mass is 9.88. The van der Waals surface area contributed by atoms with Crippen LogP contribution in [0.5, 0.6) is 0 Å². The van der Waals surface area contributed by atoms with E-state index in [1.54, 1.807) is 65.0 Å². The van der Waals surface area contributed by atoms with Gasteiger partial charge in [0, 0.05) is 50.2 Å². The molecule has 1 aromatic carbocycles. The van der Waals surface area contributed by atoms with E-state index in [1.165, 1.54) is 33.0 Å². The molecule has 112 heavy (non-hydrogen) atoms. The SMILES string of the molecule is CCOC(=O)OCOP(=O)(O)OCOC(=O)OCC.CCOC(=O)OCOP(=O)(OCOC(=O)OCC)OCc1ccccc1.CCOC(=O)OCOP(=O)(OCOC(=O)OCC)O[C@@]1(CF)O[C@@H](n2ccc(=O)[nH]c2=O)[C@]2(C)OC3(CCCC3)O[C@H]12.C[C@@]12OC3(CCCC3)O[C@@H]1[C@](CO)(CF)O[C@H]2n1ccc(=O)[nH]c1=O. The van der Waals surface area contributed by atoms with Crippen LogP contribution < -0.4 is 22.5 Å². The van der Waals surface area contributed by atoms with Crippen molar-refractivity contribution in [3.05, 3.63) is 102 Å². The fourth-order valence-electron chi connectivity index (χ4n) is 11.5.